The van der Waals surface area contributed by atoms with E-state index in [1.807, 2.05) is 30.5 Å². The highest BCUT2D eigenvalue weighted by Crippen LogP contribution is 2.31. The van der Waals surface area contributed by atoms with Gasteiger partial charge in [-0.3, -0.25) is 14.9 Å². The van der Waals surface area contributed by atoms with Gasteiger partial charge in [0.1, 0.15) is 5.70 Å². The van der Waals surface area contributed by atoms with Crippen molar-refractivity contribution in [2.75, 3.05) is 45.1 Å². The van der Waals surface area contributed by atoms with Gasteiger partial charge in [-0.15, -0.1) is 0 Å². The summed E-state index contributed by atoms with van der Waals surface area (Å²) in [7, 11) is 2.17. The highest BCUT2D eigenvalue weighted by Gasteiger charge is 2.26. The van der Waals surface area contributed by atoms with Crippen molar-refractivity contribution in [3.63, 3.8) is 0 Å². The molecular weight excluding hydrogens is 396 g/mol. The van der Waals surface area contributed by atoms with E-state index in [0.29, 0.717) is 11.6 Å². The molecule has 0 atom stereocenters. The molecular formula is C23H25ClN6. The molecule has 6 nitrogen and oxygen atoms in total. The molecule has 5 rings (SSSR count). The molecule has 1 N–H and O–H groups in total. The van der Waals surface area contributed by atoms with E-state index in [4.69, 9.17) is 21.6 Å². The van der Waals surface area contributed by atoms with Crippen LogP contribution < -0.4 is 5.32 Å². The van der Waals surface area contributed by atoms with Crippen LogP contribution in [0.5, 0.6) is 0 Å². The maximum Gasteiger partial charge on any atom is 0.152 e. The predicted octanol–water partition coefficient (Wildman–Crippen LogP) is 3.43. The predicted molar refractivity (Wildman–Crippen MR) is 123 cm³/mol. The Balaban J connectivity index is 1.54. The van der Waals surface area contributed by atoms with Crippen LogP contribution in [0.1, 0.15) is 23.7 Å². The molecule has 1 fully saturated rings. The standard InChI is InChI=1S/C23H25ClN6/c1-15-12-26-23-21(15)28-22(17-5-3-4-6-19(17)24)18-13-25-16(11-20(18)27-23)14-30-9-7-29(2)8-10-30/h3-6,11,13H,7-10,12,14H2,1-2H3,(H,26,27). The number of pyridine rings is 1. The van der Waals surface area contributed by atoms with Crippen molar-refractivity contribution < 1.29 is 0 Å². The number of aromatic nitrogens is 1. The van der Waals surface area contributed by atoms with E-state index in [1.54, 1.807) is 0 Å². The van der Waals surface area contributed by atoms with Crippen LogP contribution in [-0.2, 0) is 6.54 Å². The second kappa shape index (κ2) is 7.95. The number of hydrogen-bond acceptors (Lipinski definition) is 6. The lowest BCUT2D eigenvalue weighted by atomic mass is 10.0. The van der Waals surface area contributed by atoms with Gasteiger partial charge in [-0.1, -0.05) is 29.8 Å². The number of benzene rings is 1. The summed E-state index contributed by atoms with van der Waals surface area (Å²) >= 11 is 6.55. The minimum atomic E-state index is 0.672. The SMILES string of the molecule is CC1=C2N=C(c3ccccc3Cl)c3cnc(CN4CCN(C)CC4)cc3NC2=NC1. The van der Waals surface area contributed by atoms with Crippen LogP contribution in [0.25, 0.3) is 0 Å². The first-order valence-corrected chi connectivity index (χ1v) is 10.7. The summed E-state index contributed by atoms with van der Waals surface area (Å²) in [6.45, 7) is 7.91. The fourth-order valence-corrected chi connectivity index (χ4v) is 4.29. The molecule has 0 radical (unpaired) electrons. The first kappa shape index (κ1) is 19.4. The molecule has 1 aromatic heterocycles. The Bertz CT molecular complexity index is 1080. The van der Waals surface area contributed by atoms with Crippen molar-refractivity contribution in [1.82, 2.24) is 14.8 Å². The van der Waals surface area contributed by atoms with E-state index in [2.05, 4.69) is 40.1 Å². The zero-order chi connectivity index (χ0) is 20.7. The van der Waals surface area contributed by atoms with Crippen molar-refractivity contribution in [1.29, 1.82) is 0 Å². The van der Waals surface area contributed by atoms with E-state index in [1.165, 1.54) is 0 Å². The smallest absolute Gasteiger partial charge is 0.152 e. The number of halogens is 1. The van der Waals surface area contributed by atoms with E-state index < -0.39 is 0 Å². The molecule has 0 unspecified atom stereocenters. The molecule has 0 amide bonds. The Kier molecular flexibility index (Phi) is 5.15. The zero-order valence-corrected chi connectivity index (χ0v) is 18.1. The quantitative estimate of drug-likeness (QED) is 0.826. The zero-order valence-electron chi connectivity index (χ0n) is 17.3. The van der Waals surface area contributed by atoms with Crippen LogP contribution in [0.3, 0.4) is 0 Å². The number of piperazine rings is 1. The van der Waals surface area contributed by atoms with Crippen molar-refractivity contribution in [2.24, 2.45) is 9.98 Å². The topological polar surface area (TPSA) is 56.1 Å². The van der Waals surface area contributed by atoms with E-state index in [9.17, 15) is 0 Å². The molecule has 3 aliphatic heterocycles. The number of likely N-dealkylation sites (N-methyl/N-ethyl adjacent to an activating group) is 1. The van der Waals surface area contributed by atoms with Gasteiger partial charge in [-0.05, 0) is 31.7 Å². The average molecular weight is 421 g/mol. The molecule has 154 valence electrons. The number of nitrogens with zero attached hydrogens (tertiary/aromatic N) is 5. The first-order chi connectivity index (χ1) is 14.6. The van der Waals surface area contributed by atoms with Crippen LogP contribution in [0.4, 0.5) is 5.69 Å². The molecule has 0 spiro atoms. The number of hydrogen-bond donors (Lipinski definition) is 1. The third kappa shape index (κ3) is 3.67. The largest absolute Gasteiger partial charge is 0.338 e. The molecule has 0 aliphatic carbocycles. The third-order valence-corrected chi connectivity index (χ3v) is 6.24. The van der Waals surface area contributed by atoms with Crippen LogP contribution in [0.2, 0.25) is 5.02 Å². The Morgan fingerprint density at radius 1 is 1.10 bits per heavy atom. The van der Waals surface area contributed by atoms with E-state index in [0.717, 1.165) is 78.0 Å². The minimum Gasteiger partial charge on any atom is -0.338 e. The van der Waals surface area contributed by atoms with Gasteiger partial charge in [0.15, 0.2) is 5.84 Å². The normalized spacial score (nSPS) is 19.6. The average Bonchev–Trinajstić information content (AvgIpc) is 2.99. The van der Waals surface area contributed by atoms with Gasteiger partial charge >= 0.3 is 0 Å². The summed E-state index contributed by atoms with van der Waals surface area (Å²) in [4.78, 5) is 19.3. The summed E-state index contributed by atoms with van der Waals surface area (Å²) < 4.78 is 0. The van der Waals surface area contributed by atoms with Gasteiger partial charge in [0.25, 0.3) is 0 Å². The van der Waals surface area contributed by atoms with Gasteiger partial charge in [0.2, 0.25) is 0 Å². The number of aliphatic imine (C=N–C) groups is 2. The molecule has 1 saturated heterocycles. The lowest BCUT2D eigenvalue weighted by Gasteiger charge is -2.32. The molecule has 30 heavy (non-hydrogen) atoms. The molecule has 1 aromatic carbocycles. The second-order valence-corrected chi connectivity index (χ2v) is 8.57. The number of rotatable bonds is 3. The van der Waals surface area contributed by atoms with E-state index in [-0.39, 0.29) is 0 Å². The third-order valence-electron chi connectivity index (χ3n) is 5.91. The summed E-state index contributed by atoms with van der Waals surface area (Å²) in [5, 5.41) is 4.20. The molecule has 4 heterocycles. The Morgan fingerprint density at radius 3 is 2.70 bits per heavy atom. The summed E-state index contributed by atoms with van der Waals surface area (Å²) in [5.74, 6) is 0.826. The lowest BCUT2D eigenvalue weighted by Crippen LogP contribution is -2.44. The van der Waals surface area contributed by atoms with Crippen LogP contribution in [-0.4, -0.2) is 66.1 Å². The summed E-state index contributed by atoms with van der Waals surface area (Å²) in [5.41, 5.74) is 6.78. The fraction of sp³-hybridized carbons (Fsp3) is 0.348. The lowest BCUT2D eigenvalue weighted by molar-refractivity contribution is 0.147. The maximum absolute atomic E-state index is 6.55. The second-order valence-electron chi connectivity index (χ2n) is 8.16. The van der Waals surface area contributed by atoms with Gasteiger partial charge in [-0.2, -0.15) is 0 Å². The van der Waals surface area contributed by atoms with Crippen LogP contribution in [0, 0.1) is 0 Å². The minimum absolute atomic E-state index is 0.672. The highest BCUT2D eigenvalue weighted by molar-refractivity contribution is 6.36. The molecule has 0 bridgehead atoms. The summed E-state index contributed by atoms with van der Waals surface area (Å²) in [6.07, 6.45) is 1.92. The maximum atomic E-state index is 6.55. The summed E-state index contributed by atoms with van der Waals surface area (Å²) in [6, 6.07) is 9.97. The van der Waals surface area contributed by atoms with Gasteiger partial charge in [0, 0.05) is 55.1 Å². The van der Waals surface area contributed by atoms with Gasteiger partial charge < -0.3 is 10.2 Å². The number of fused-ring (bicyclic) bond motifs is 2. The monoisotopic (exact) mass is 420 g/mol. The van der Waals surface area contributed by atoms with Crippen LogP contribution >= 0.6 is 11.6 Å². The Labute approximate surface area is 182 Å². The number of amidine groups is 1. The number of nitrogens with one attached hydrogen (secondary N) is 1. The van der Waals surface area contributed by atoms with Crippen molar-refractivity contribution in [3.05, 3.63) is 69.6 Å². The fourth-order valence-electron chi connectivity index (χ4n) is 4.07. The molecule has 3 aliphatic rings. The van der Waals surface area contributed by atoms with Crippen molar-refractivity contribution in [3.8, 4) is 0 Å². The molecule has 2 aromatic rings. The van der Waals surface area contributed by atoms with E-state index >= 15 is 0 Å². The van der Waals surface area contributed by atoms with Crippen molar-refractivity contribution >= 4 is 28.8 Å². The Hall–Kier alpha value is -2.54. The highest BCUT2D eigenvalue weighted by atomic mass is 35.5. The van der Waals surface area contributed by atoms with Crippen LogP contribution in [0.15, 0.2) is 57.8 Å². The number of anilines is 1. The Morgan fingerprint density at radius 2 is 1.90 bits per heavy atom. The first-order valence-electron chi connectivity index (χ1n) is 10.3. The van der Waals surface area contributed by atoms with Gasteiger partial charge in [0.05, 0.1) is 23.6 Å². The van der Waals surface area contributed by atoms with Gasteiger partial charge in [-0.25, -0.2) is 4.99 Å². The molecule has 0 saturated carbocycles. The van der Waals surface area contributed by atoms with Crippen molar-refractivity contribution in [2.45, 2.75) is 13.5 Å². The molecule has 7 heteroatoms.